The van der Waals surface area contributed by atoms with Gasteiger partial charge in [-0.15, -0.1) is 0 Å². The smallest absolute Gasteiger partial charge is 0.386 e. The third-order valence-electron chi connectivity index (χ3n) is 6.04. The molecule has 0 bridgehead atoms. The molecule has 2 aliphatic carbocycles. The summed E-state index contributed by atoms with van der Waals surface area (Å²) in [6, 6.07) is 5.53. The summed E-state index contributed by atoms with van der Waals surface area (Å²) < 4.78 is 41.4. The van der Waals surface area contributed by atoms with Crippen molar-refractivity contribution in [3.8, 4) is 0 Å². The molecule has 0 aliphatic heterocycles. The van der Waals surface area contributed by atoms with Crippen LogP contribution in [0.4, 0.5) is 19.1 Å². The van der Waals surface area contributed by atoms with Crippen LogP contribution in [0.25, 0.3) is 11.0 Å². The molecule has 2 aromatic rings. The van der Waals surface area contributed by atoms with Gasteiger partial charge in [-0.3, -0.25) is 10.1 Å². The number of anilines is 1. The van der Waals surface area contributed by atoms with Gasteiger partial charge in [0.25, 0.3) is 0 Å². The summed E-state index contributed by atoms with van der Waals surface area (Å²) in [5.74, 6) is -0.371. The van der Waals surface area contributed by atoms with E-state index in [2.05, 4.69) is 10.3 Å². The van der Waals surface area contributed by atoms with E-state index in [0.29, 0.717) is 11.1 Å². The number of imidazole rings is 1. The Hall–Kier alpha value is -2.09. The quantitative estimate of drug-likeness (QED) is 0.774. The molecule has 28 heavy (non-hydrogen) atoms. The molecule has 2 aliphatic rings. The monoisotopic (exact) mass is 395 g/mol. The molecule has 0 saturated heterocycles. The van der Waals surface area contributed by atoms with Crippen LogP contribution >= 0.6 is 0 Å². The van der Waals surface area contributed by atoms with Crippen LogP contribution in [0.15, 0.2) is 18.2 Å². The Balaban J connectivity index is 1.66. The van der Waals surface area contributed by atoms with E-state index in [0.717, 1.165) is 24.8 Å². The standard InChI is InChI=1S/C20H24F3N3O2/c1-18(2,28)12-6-7-14-15(10-12)26(13-4-3-5-13)17(24-14)25-16(27)11-19(8-9-19)20(21,22)23/h6-7,10,13,28H,3-5,8-9,11H2,1-2H3,(H,24,25,27). The van der Waals surface area contributed by atoms with Crippen molar-refractivity contribution in [3.63, 3.8) is 0 Å². The van der Waals surface area contributed by atoms with Gasteiger partial charge in [-0.2, -0.15) is 13.2 Å². The van der Waals surface area contributed by atoms with Crippen molar-refractivity contribution in [1.29, 1.82) is 0 Å². The maximum Gasteiger partial charge on any atom is 0.395 e. The number of rotatable bonds is 5. The van der Waals surface area contributed by atoms with Crippen LogP contribution in [0, 0.1) is 5.41 Å². The van der Waals surface area contributed by atoms with E-state index in [1.807, 2.05) is 10.6 Å². The number of fused-ring (bicyclic) bond motifs is 1. The van der Waals surface area contributed by atoms with Gasteiger partial charge in [-0.1, -0.05) is 6.07 Å². The number of halogens is 3. The van der Waals surface area contributed by atoms with Crippen LogP contribution in [0.2, 0.25) is 0 Å². The lowest BCUT2D eigenvalue weighted by molar-refractivity contribution is -0.189. The third-order valence-corrected chi connectivity index (χ3v) is 6.04. The molecular formula is C20H24F3N3O2. The first-order chi connectivity index (χ1) is 13.0. The van der Waals surface area contributed by atoms with Gasteiger partial charge in [0.05, 0.1) is 22.0 Å². The highest BCUT2D eigenvalue weighted by Crippen LogP contribution is 2.60. The first kappa shape index (κ1) is 19.2. The number of nitrogens with one attached hydrogen (secondary N) is 1. The lowest BCUT2D eigenvalue weighted by atomic mass is 9.92. The Morgan fingerprint density at radius 2 is 2.00 bits per heavy atom. The fraction of sp³-hybridized carbons (Fsp3) is 0.600. The zero-order valence-electron chi connectivity index (χ0n) is 15.9. The summed E-state index contributed by atoms with van der Waals surface area (Å²) in [7, 11) is 0. The summed E-state index contributed by atoms with van der Waals surface area (Å²) in [4.78, 5) is 16.9. The number of hydrogen-bond donors (Lipinski definition) is 2. The Kier molecular flexibility index (Phi) is 4.26. The zero-order valence-corrected chi connectivity index (χ0v) is 15.9. The Morgan fingerprint density at radius 3 is 2.50 bits per heavy atom. The number of benzene rings is 1. The van der Waals surface area contributed by atoms with Crippen molar-refractivity contribution in [2.24, 2.45) is 5.41 Å². The normalized spacial score (nSPS) is 19.5. The number of carbonyl (C=O) groups is 1. The highest BCUT2D eigenvalue weighted by molar-refractivity contribution is 5.92. The number of aromatic nitrogens is 2. The summed E-state index contributed by atoms with van der Waals surface area (Å²) in [6.45, 7) is 3.38. The second-order valence-corrected chi connectivity index (χ2v) is 8.66. The summed E-state index contributed by atoms with van der Waals surface area (Å²) in [5, 5.41) is 12.9. The molecule has 1 amide bonds. The fourth-order valence-corrected chi connectivity index (χ4v) is 3.76. The fourth-order valence-electron chi connectivity index (χ4n) is 3.76. The van der Waals surface area contributed by atoms with Crippen molar-refractivity contribution in [1.82, 2.24) is 9.55 Å². The minimum atomic E-state index is -4.36. The van der Waals surface area contributed by atoms with Crippen LogP contribution in [-0.4, -0.2) is 26.7 Å². The minimum Gasteiger partial charge on any atom is -0.386 e. The first-order valence-electron chi connectivity index (χ1n) is 9.62. The second-order valence-electron chi connectivity index (χ2n) is 8.66. The van der Waals surface area contributed by atoms with Crippen molar-refractivity contribution in [3.05, 3.63) is 23.8 Å². The van der Waals surface area contributed by atoms with Gasteiger partial charge in [-0.25, -0.2) is 4.98 Å². The maximum absolute atomic E-state index is 13.2. The van der Waals surface area contributed by atoms with E-state index in [1.54, 1.807) is 26.0 Å². The summed E-state index contributed by atoms with van der Waals surface area (Å²) in [6.07, 6.45) is -2.03. The van der Waals surface area contributed by atoms with Crippen molar-refractivity contribution in [2.45, 2.75) is 70.2 Å². The third kappa shape index (κ3) is 3.27. The van der Waals surface area contributed by atoms with Gasteiger partial charge in [0, 0.05) is 12.5 Å². The molecule has 2 fully saturated rings. The average Bonchev–Trinajstić information content (AvgIpc) is 3.22. The van der Waals surface area contributed by atoms with Gasteiger partial charge in [0.2, 0.25) is 11.9 Å². The first-order valence-corrected chi connectivity index (χ1v) is 9.62. The van der Waals surface area contributed by atoms with Gasteiger partial charge >= 0.3 is 6.18 Å². The summed E-state index contributed by atoms with van der Waals surface area (Å²) in [5.41, 5.74) is -0.772. The second kappa shape index (κ2) is 6.20. The van der Waals surface area contributed by atoms with E-state index < -0.39 is 29.5 Å². The average molecular weight is 395 g/mol. The topological polar surface area (TPSA) is 67.2 Å². The predicted molar refractivity (Wildman–Crippen MR) is 98.8 cm³/mol. The molecule has 0 atom stereocenters. The molecule has 8 heteroatoms. The van der Waals surface area contributed by atoms with Gasteiger partial charge in [0.15, 0.2) is 0 Å². The van der Waals surface area contributed by atoms with Crippen LogP contribution in [-0.2, 0) is 10.4 Å². The molecule has 1 heterocycles. The SMILES string of the molecule is CC(C)(O)c1ccc2nc(NC(=O)CC3(C(F)(F)F)CC3)n(C3CCC3)c2c1. The predicted octanol–water partition coefficient (Wildman–Crippen LogP) is 4.66. The molecule has 4 rings (SSSR count). The van der Waals surface area contributed by atoms with Crippen LogP contribution in [0.3, 0.4) is 0 Å². The van der Waals surface area contributed by atoms with Gasteiger partial charge in [-0.05, 0) is 63.6 Å². The van der Waals surface area contributed by atoms with Gasteiger partial charge < -0.3 is 9.67 Å². The molecule has 152 valence electrons. The van der Waals surface area contributed by atoms with Crippen LogP contribution in [0.5, 0.6) is 0 Å². The molecule has 1 aromatic heterocycles. The number of amides is 1. The number of carbonyl (C=O) groups excluding carboxylic acids is 1. The van der Waals surface area contributed by atoms with E-state index in [1.165, 1.54) is 0 Å². The molecule has 0 radical (unpaired) electrons. The van der Waals surface area contributed by atoms with E-state index in [9.17, 15) is 23.1 Å². The largest absolute Gasteiger partial charge is 0.395 e. The lowest BCUT2D eigenvalue weighted by Crippen LogP contribution is -2.30. The molecular weight excluding hydrogens is 371 g/mol. The lowest BCUT2D eigenvalue weighted by Gasteiger charge is -2.29. The Morgan fingerprint density at radius 1 is 1.32 bits per heavy atom. The number of nitrogens with zero attached hydrogens (tertiary/aromatic N) is 2. The zero-order chi connectivity index (χ0) is 20.3. The van der Waals surface area contributed by atoms with Crippen LogP contribution in [0.1, 0.15) is 64.0 Å². The van der Waals surface area contributed by atoms with E-state index >= 15 is 0 Å². The molecule has 2 N–H and O–H groups in total. The summed E-state index contributed by atoms with van der Waals surface area (Å²) >= 11 is 0. The molecule has 1 aromatic carbocycles. The van der Waals surface area contributed by atoms with E-state index in [-0.39, 0.29) is 24.8 Å². The molecule has 2 saturated carbocycles. The molecule has 0 unspecified atom stereocenters. The van der Waals surface area contributed by atoms with Crippen LogP contribution < -0.4 is 5.32 Å². The molecule has 5 nitrogen and oxygen atoms in total. The maximum atomic E-state index is 13.2. The van der Waals surface area contributed by atoms with E-state index in [4.69, 9.17) is 0 Å². The van der Waals surface area contributed by atoms with Crippen molar-refractivity contribution >= 4 is 22.9 Å². The van der Waals surface area contributed by atoms with Crippen molar-refractivity contribution < 1.29 is 23.1 Å². The van der Waals surface area contributed by atoms with Gasteiger partial charge in [0.1, 0.15) is 0 Å². The van der Waals surface area contributed by atoms with Crippen molar-refractivity contribution in [2.75, 3.05) is 5.32 Å². The minimum absolute atomic E-state index is 0.00208. The number of alkyl halides is 3. The highest BCUT2D eigenvalue weighted by Gasteiger charge is 2.63. The molecule has 0 spiro atoms. The Labute approximate surface area is 160 Å². The Bertz CT molecular complexity index is 919. The number of aliphatic hydroxyl groups is 1. The number of hydrogen-bond acceptors (Lipinski definition) is 3. The highest BCUT2D eigenvalue weighted by atomic mass is 19.4.